The van der Waals surface area contributed by atoms with Crippen LogP contribution in [0, 0.1) is 6.92 Å². The van der Waals surface area contributed by atoms with Gasteiger partial charge in [0.25, 0.3) is 11.5 Å². The lowest BCUT2D eigenvalue weighted by molar-refractivity contribution is 0.0928. The predicted octanol–water partition coefficient (Wildman–Crippen LogP) is 0.841. The molecule has 22 heavy (non-hydrogen) atoms. The van der Waals surface area contributed by atoms with Crippen molar-refractivity contribution in [1.29, 1.82) is 0 Å². The number of H-pyrrole nitrogens is 2. The molecule has 0 aliphatic rings. The van der Waals surface area contributed by atoms with E-state index in [2.05, 4.69) is 30.5 Å². The number of nitrogens with zero attached hydrogens (tertiary/aromatic N) is 3. The Balaban J connectivity index is 1.87. The van der Waals surface area contributed by atoms with Crippen molar-refractivity contribution >= 4 is 16.8 Å². The largest absolute Gasteiger partial charge is 0.340 e. The first-order chi connectivity index (χ1) is 10.5. The Morgan fingerprint density at radius 3 is 2.77 bits per heavy atom. The normalized spacial score (nSPS) is 12.3. The molecule has 1 aromatic carbocycles. The van der Waals surface area contributed by atoms with E-state index in [9.17, 15) is 9.59 Å². The molecule has 3 rings (SSSR count). The summed E-state index contributed by atoms with van der Waals surface area (Å²) in [6, 6.07) is 6.43. The van der Waals surface area contributed by atoms with Crippen molar-refractivity contribution < 1.29 is 4.79 Å². The zero-order valence-electron chi connectivity index (χ0n) is 12.0. The van der Waals surface area contributed by atoms with E-state index in [4.69, 9.17) is 0 Å². The number of aromatic nitrogens is 5. The molecule has 0 saturated carbocycles. The van der Waals surface area contributed by atoms with Crippen LogP contribution in [0.25, 0.3) is 10.9 Å². The second kappa shape index (κ2) is 5.40. The lowest BCUT2D eigenvalue weighted by atomic mass is 10.2. The number of benzene rings is 1. The summed E-state index contributed by atoms with van der Waals surface area (Å²) < 4.78 is 0. The highest BCUT2D eigenvalue weighted by Gasteiger charge is 2.17. The molecule has 1 amide bonds. The number of amides is 1. The summed E-state index contributed by atoms with van der Waals surface area (Å²) in [6.45, 7) is 3.52. The van der Waals surface area contributed by atoms with Crippen LogP contribution in [0.5, 0.6) is 0 Å². The van der Waals surface area contributed by atoms with E-state index in [1.165, 1.54) is 0 Å². The van der Waals surface area contributed by atoms with Crippen LogP contribution in [0.1, 0.15) is 35.2 Å². The molecule has 0 saturated heterocycles. The minimum atomic E-state index is -0.488. The molecule has 0 unspecified atom stereocenters. The van der Waals surface area contributed by atoms with E-state index in [-0.39, 0.29) is 11.4 Å². The first kappa shape index (κ1) is 13.9. The van der Waals surface area contributed by atoms with Gasteiger partial charge < -0.3 is 10.3 Å². The summed E-state index contributed by atoms with van der Waals surface area (Å²) in [5, 5.41) is 9.84. The van der Waals surface area contributed by atoms with Gasteiger partial charge in [0.05, 0.1) is 16.9 Å². The van der Waals surface area contributed by atoms with E-state index in [0.29, 0.717) is 22.6 Å². The molecule has 0 aliphatic heterocycles. The molecule has 0 radical (unpaired) electrons. The molecule has 3 aromatic rings. The van der Waals surface area contributed by atoms with Crippen LogP contribution in [0.2, 0.25) is 0 Å². The maximum absolute atomic E-state index is 12.2. The summed E-state index contributed by atoms with van der Waals surface area (Å²) in [7, 11) is 0. The van der Waals surface area contributed by atoms with Gasteiger partial charge in [-0.15, -0.1) is 0 Å². The van der Waals surface area contributed by atoms with Crippen LogP contribution in [0.15, 0.2) is 29.1 Å². The van der Waals surface area contributed by atoms with E-state index in [1.807, 2.05) is 0 Å². The fourth-order valence-corrected chi connectivity index (χ4v) is 2.08. The number of fused-ring (bicyclic) bond motifs is 1. The van der Waals surface area contributed by atoms with E-state index < -0.39 is 11.9 Å². The zero-order valence-corrected chi connectivity index (χ0v) is 12.0. The van der Waals surface area contributed by atoms with Gasteiger partial charge in [0.1, 0.15) is 5.82 Å². The summed E-state index contributed by atoms with van der Waals surface area (Å²) >= 11 is 0. The number of nitrogens with one attached hydrogen (secondary N) is 3. The third kappa shape index (κ3) is 2.58. The first-order valence-corrected chi connectivity index (χ1v) is 6.73. The Hall–Kier alpha value is -3.03. The molecule has 112 valence electrons. The Kier molecular flexibility index (Phi) is 3.42. The van der Waals surface area contributed by atoms with E-state index >= 15 is 0 Å². The Bertz CT molecular complexity index is 897. The first-order valence-electron chi connectivity index (χ1n) is 6.73. The molecule has 8 heteroatoms. The molecule has 0 spiro atoms. The van der Waals surface area contributed by atoms with Gasteiger partial charge in [-0.2, -0.15) is 5.10 Å². The van der Waals surface area contributed by atoms with Gasteiger partial charge in [-0.3, -0.25) is 14.7 Å². The van der Waals surface area contributed by atoms with Crippen LogP contribution in [0.4, 0.5) is 0 Å². The maximum Gasteiger partial charge on any atom is 0.287 e. The average Bonchev–Trinajstić information content (AvgIpc) is 2.94. The van der Waals surface area contributed by atoms with Gasteiger partial charge in [0.15, 0.2) is 11.6 Å². The van der Waals surface area contributed by atoms with Crippen LogP contribution in [0.3, 0.4) is 0 Å². The molecule has 0 aliphatic carbocycles. The summed E-state index contributed by atoms with van der Waals surface area (Å²) in [5.41, 5.74) is 0.120. The fourth-order valence-electron chi connectivity index (χ4n) is 2.08. The van der Waals surface area contributed by atoms with Crippen molar-refractivity contribution in [2.45, 2.75) is 19.9 Å². The van der Waals surface area contributed by atoms with Crippen molar-refractivity contribution in [3.63, 3.8) is 0 Å². The van der Waals surface area contributed by atoms with Gasteiger partial charge in [-0.25, -0.2) is 9.97 Å². The monoisotopic (exact) mass is 298 g/mol. The van der Waals surface area contributed by atoms with Crippen molar-refractivity contribution in [2.24, 2.45) is 0 Å². The van der Waals surface area contributed by atoms with Crippen LogP contribution < -0.4 is 10.9 Å². The number of aromatic amines is 2. The lowest BCUT2D eigenvalue weighted by Crippen LogP contribution is -2.30. The van der Waals surface area contributed by atoms with Gasteiger partial charge in [0.2, 0.25) is 0 Å². The molecule has 0 bridgehead atoms. The molecule has 2 heterocycles. The van der Waals surface area contributed by atoms with Crippen molar-refractivity contribution in [3.8, 4) is 0 Å². The van der Waals surface area contributed by atoms with Crippen LogP contribution >= 0.6 is 0 Å². The SMILES string of the molecule is Cc1nc([C@H](C)NC(=O)c2nc3ccccc3c(=O)[nH]2)n[nH]1. The number of aryl methyl sites for hydroxylation is 1. The Morgan fingerprint density at radius 2 is 2.05 bits per heavy atom. The Morgan fingerprint density at radius 1 is 1.27 bits per heavy atom. The minimum Gasteiger partial charge on any atom is -0.340 e. The molecule has 1 atom stereocenters. The van der Waals surface area contributed by atoms with Gasteiger partial charge in [0, 0.05) is 0 Å². The minimum absolute atomic E-state index is 0.0391. The molecule has 3 N–H and O–H groups in total. The third-order valence-corrected chi connectivity index (χ3v) is 3.18. The van der Waals surface area contributed by atoms with E-state index in [0.717, 1.165) is 0 Å². The van der Waals surface area contributed by atoms with E-state index in [1.54, 1.807) is 38.1 Å². The number of carbonyl (C=O) groups is 1. The third-order valence-electron chi connectivity index (χ3n) is 3.18. The number of hydrogen-bond acceptors (Lipinski definition) is 5. The number of carbonyl (C=O) groups excluding carboxylic acids is 1. The zero-order chi connectivity index (χ0) is 15.7. The molecule has 8 nitrogen and oxygen atoms in total. The number of para-hydroxylation sites is 1. The highest BCUT2D eigenvalue weighted by atomic mass is 16.2. The molecular formula is C14H14N6O2. The maximum atomic E-state index is 12.2. The van der Waals surface area contributed by atoms with Crippen molar-refractivity contribution in [3.05, 3.63) is 52.1 Å². The van der Waals surface area contributed by atoms with Crippen molar-refractivity contribution in [1.82, 2.24) is 30.5 Å². The molecule has 0 fully saturated rings. The van der Waals surface area contributed by atoms with Crippen LogP contribution in [-0.4, -0.2) is 31.1 Å². The highest BCUT2D eigenvalue weighted by molar-refractivity contribution is 5.92. The highest BCUT2D eigenvalue weighted by Crippen LogP contribution is 2.08. The molecule has 2 aromatic heterocycles. The van der Waals surface area contributed by atoms with Crippen LogP contribution in [-0.2, 0) is 0 Å². The lowest BCUT2D eigenvalue weighted by Gasteiger charge is -2.10. The summed E-state index contributed by atoms with van der Waals surface area (Å²) in [4.78, 5) is 35.0. The van der Waals surface area contributed by atoms with Gasteiger partial charge in [-0.1, -0.05) is 12.1 Å². The number of rotatable bonds is 3. The smallest absolute Gasteiger partial charge is 0.287 e. The standard InChI is InChI=1S/C14H14N6O2/c1-7(11-16-8(2)19-20-11)15-14(22)12-17-10-6-4-3-5-9(10)13(21)18-12/h3-7H,1-2H3,(H,15,22)(H,16,19,20)(H,17,18,21)/t7-/m0/s1. The average molecular weight is 298 g/mol. The van der Waals surface area contributed by atoms with Gasteiger partial charge >= 0.3 is 0 Å². The number of hydrogen-bond donors (Lipinski definition) is 3. The topological polar surface area (TPSA) is 116 Å². The van der Waals surface area contributed by atoms with Gasteiger partial charge in [-0.05, 0) is 26.0 Å². The quantitative estimate of drug-likeness (QED) is 0.662. The molecular weight excluding hydrogens is 284 g/mol. The summed E-state index contributed by atoms with van der Waals surface area (Å²) in [5.74, 6) is 0.600. The second-order valence-corrected chi connectivity index (χ2v) is 4.91. The Labute approximate surface area is 125 Å². The van der Waals surface area contributed by atoms with Crippen molar-refractivity contribution in [2.75, 3.05) is 0 Å². The predicted molar refractivity (Wildman–Crippen MR) is 79.4 cm³/mol. The summed E-state index contributed by atoms with van der Waals surface area (Å²) in [6.07, 6.45) is 0. The second-order valence-electron chi connectivity index (χ2n) is 4.91. The fraction of sp³-hybridized carbons (Fsp3) is 0.214.